The van der Waals surface area contributed by atoms with Crippen molar-refractivity contribution in [1.82, 2.24) is 5.32 Å². The molecule has 0 aliphatic carbocycles. The third-order valence-electron chi connectivity index (χ3n) is 4.25. The minimum Gasteiger partial charge on any atom is -0.466 e. The molecule has 1 aliphatic heterocycles. The molecule has 2 rings (SSSR count). The van der Waals surface area contributed by atoms with Gasteiger partial charge in [0, 0.05) is 5.92 Å². The molecule has 1 aromatic rings. The standard InChI is InChI=1S/C15H24BrNO2/c1-5-7-17-14(15-12(16)6-8-18-15)13-9(2)10(3)19-11(13)4/h6,8-11,13-14,17H,5,7H2,1-4H3. The van der Waals surface area contributed by atoms with E-state index in [0.29, 0.717) is 17.9 Å². The SMILES string of the molecule is CCCNC(c1occc1Br)C1C(C)OC(C)C1C. The van der Waals surface area contributed by atoms with Crippen LogP contribution in [0.4, 0.5) is 0 Å². The average Bonchev–Trinajstić information content (AvgIpc) is 2.88. The number of nitrogens with one attached hydrogen (secondary N) is 1. The van der Waals surface area contributed by atoms with Gasteiger partial charge in [0.2, 0.25) is 0 Å². The molecule has 1 N–H and O–H groups in total. The maximum absolute atomic E-state index is 5.99. The van der Waals surface area contributed by atoms with E-state index < -0.39 is 0 Å². The fraction of sp³-hybridized carbons (Fsp3) is 0.733. The van der Waals surface area contributed by atoms with Crippen LogP contribution in [0.3, 0.4) is 0 Å². The molecule has 0 amide bonds. The second kappa shape index (κ2) is 6.42. The maximum Gasteiger partial charge on any atom is 0.135 e. The van der Waals surface area contributed by atoms with Gasteiger partial charge in [-0.15, -0.1) is 0 Å². The number of furan rings is 1. The molecule has 0 spiro atoms. The summed E-state index contributed by atoms with van der Waals surface area (Å²) in [5, 5.41) is 3.63. The van der Waals surface area contributed by atoms with Crippen LogP contribution >= 0.6 is 15.9 Å². The number of hydrogen-bond acceptors (Lipinski definition) is 3. The van der Waals surface area contributed by atoms with Crippen molar-refractivity contribution in [2.45, 2.75) is 52.4 Å². The summed E-state index contributed by atoms with van der Waals surface area (Å²) >= 11 is 3.59. The van der Waals surface area contributed by atoms with Gasteiger partial charge < -0.3 is 14.5 Å². The minimum absolute atomic E-state index is 0.208. The average molecular weight is 330 g/mol. The third-order valence-corrected chi connectivity index (χ3v) is 4.90. The largest absolute Gasteiger partial charge is 0.466 e. The second-order valence-electron chi connectivity index (χ2n) is 5.55. The topological polar surface area (TPSA) is 34.4 Å². The molecule has 1 fully saturated rings. The Labute approximate surface area is 124 Å². The van der Waals surface area contributed by atoms with Gasteiger partial charge in [-0.05, 0) is 54.7 Å². The van der Waals surface area contributed by atoms with Gasteiger partial charge in [0.1, 0.15) is 5.76 Å². The van der Waals surface area contributed by atoms with Crippen LogP contribution in [0.2, 0.25) is 0 Å². The quantitative estimate of drug-likeness (QED) is 0.881. The smallest absolute Gasteiger partial charge is 0.135 e. The van der Waals surface area contributed by atoms with Gasteiger partial charge in [0.25, 0.3) is 0 Å². The first-order valence-electron chi connectivity index (χ1n) is 7.18. The summed E-state index contributed by atoms with van der Waals surface area (Å²) in [5.74, 6) is 1.94. The molecule has 5 atom stereocenters. The van der Waals surface area contributed by atoms with E-state index in [0.717, 1.165) is 23.2 Å². The highest BCUT2D eigenvalue weighted by molar-refractivity contribution is 9.10. The summed E-state index contributed by atoms with van der Waals surface area (Å²) in [6.45, 7) is 9.78. The van der Waals surface area contributed by atoms with Crippen LogP contribution in [-0.2, 0) is 4.74 Å². The lowest BCUT2D eigenvalue weighted by Gasteiger charge is -2.28. The Morgan fingerprint density at radius 1 is 1.32 bits per heavy atom. The van der Waals surface area contributed by atoms with Crippen molar-refractivity contribution < 1.29 is 9.15 Å². The van der Waals surface area contributed by atoms with Crippen molar-refractivity contribution in [1.29, 1.82) is 0 Å². The summed E-state index contributed by atoms with van der Waals surface area (Å²) < 4.78 is 12.7. The van der Waals surface area contributed by atoms with E-state index in [1.54, 1.807) is 6.26 Å². The Morgan fingerprint density at radius 3 is 2.53 bits per heavy atom. The molecule has 3 nitrogen and oxygen atoms in total. The third kappa shape index (κ3) is 3.06. The molecule has 1 saturated heterocycles. The summed E-state index contributed by atoms with van der Waals surface area (Å²) in [5.41, 5.74) is 0. The lowest BCUT2D eigenvalue weighted by atomic mass is 9.82. The van der Waals surface area contributed by atoms with Crippen LogP contribution in [-0.4, -0.2) is 18.8 Å². The molecule has 2 heterocycles. The van der Waals surface area contributed by atoms with Gasteiger partial charge in [-0.1, -0.05) is 13.8 Å². The Balaban J connectivity index is 2.25. The van der Waals surface area contributed by atoms with Gasteiger partial charge in [-0.2, -0.15) is 0 Å². The van der Waals surface area contributed by atoms with E-state index in [1.165, 1.54) is 0 Å². The van der Waals surface area contributed by atoms with Crippen molar-refractivity contribution in [2.24, 2.45) is 11.8 Å². The first-order valence-corrected chi connectivity index (χ1v) is 7.97. The summed E-state index contributed by atoms with van der Waals surface area (Å²) in [4.78, 5) is 0. The van der Waals surface area contributed by atoms with Crippen molar-refractivity contribution in [3.05, 3.63) is 22.6 Å². The molecule has 0 aromatic carbocycles. The monoisotopic (exact) mass is 329 g/mol. The van der Waals surface area contributed by atoms with E-state index in [-0.39, 0.29) is 12.1 Å². The van der Waals surface area contributed by atoms with Crippen LogP contribution < -0.4 is 5.32 Å². The van der Waals surface area contributed by atoms with Crippen molar-refractivity contribution in [2.75, 3.05) is 6.54 Å². The van der Waals surface area contributed by atoms with Crippen LogP contribution in [0.15, 0.2) is 21.2 Å². The molecule has 108 valence electrons. The molecule has 5 unspecified atom stereocenters. The number of ether oxygens (including phenoxy) is 1. The van der Waals surface area contributed by atoms with E-state index >= 15 is 0 Å². The maximum atomic E-state index is 5.99. The Kier molecular flexibility index (Phi) is 5.09. The Bertz CT molecular complexity index is 407. The first-order chi connectivity index (χ1) is 9.06. The van der Waals surface area contributed by atoms with E-state index in [9.17, 15) is 0 Å². The highest BCUT2D eigenvalue weighted by atomic mass is 79.9. The Morgan fingerprint density at radius 2 is 2.05 bits per heavy atom. The summed E-state index contributed by atoms with van der Waals surface area (Å²) in [7, 11) is 0. The van der Waals surface area contributed by atoms with Gasteiger partial charge in [-0.25, -0.2) is 0 Å². The normalized spacial score (nSPS) is 32.7. The van der Waals surface area contributed by atoms with Crippen LogP contribution in [0.25, 0.3) is 0 Å². The van der Waals surface area contributed by atoms with Gasteiger partial charge in [0.15, 0.2) is 0 Å². The van der Waals surface area contributed by atoms with E-state index in [1.807, 2.05) is 6.07 Å². The van der Waals surface area contributed by atoms with Crippen molar-refractivity contribution in [3.8, 4) is 0 Å². The first kappa shape index (κ1) is 15.1. The van der Waals surface area contributed by atoms with Crippen molar-refractivity contribution >= 4 is 15.9 Å². The zero-order valence-corrected chi connectivity index (χ0v) is 13.7. The van der Waals surface area contributed by atoms with E-state index in [2.05, 4.69) is 48.9 Å². The number of hydrogen-bond donors (Lipinski definition) is 1. The molecule has 1 aromatic heterocycles. The highest BCUT2D eigenvalue weighted by Gasteiger charge is 2.43. The Hall–Kier alpha value is -0.320. The molecular weight excluding hydrogens is 306 g/mol. The minimum atomic E-state index is 0.208. The molecule has 0 bridgehead atoms. The molecule has 1 aliphatic rings. The highest BCUT2D eigenvalue weighted by Crippen LogP contribution is 2.42. The molecule has 0 radical (unpaired) electrons. The van der Waals surface area contributed by atoms with Crippen molar-refractivity contribution in [3.63, 3.8) is 0 Å². The second-order valence-corrected chi connectivity index (χ2v) is 6.40. The van der Waals surface area contributed by atoms with Gasteiger partial charge in [-0.3, -0.25) is 0 Å². The molecule has 19 heavy (non-hydrogen) atoms. The van der Waals surface area contributed by atoms with Crippen LogP contribution in [0, 0.1) is 11.8 Å². The lowest BCUT2D eigenvalue weighted by Crippen LogP contribution is -2.35. The fourth-order valence-electron chi connectivity index (χ4n) is 3.10. The molecule has 0 saturated carbocycles. The van der Waals surface area contributed by atoms with Crippen LogP contribution in [0.1, 0.15) is 45.9 Å². The predicted molar refractivity (Wildman–Crippen MR) is 80.1 cm³/mol. The van der Waals surface area contributed by atoms with Gasteiger partial charge in [0.05, 0.1) is 29.0 Å². The lowest BCUT2D eigenvalue weighted by molar-refractivity contribution is 0.0465. The predicted octanol–water partition coefficient (Wildman–Crippen LogP) is 4.14. The summed E-state index contributed by atoms with van der Waals surface area (Å²) in [6.07, 6.45) is 3.41. The zero-order chi connectivity index (χ0) is 14.0. The van der Waals surface area contributed by atoms with Gasteiger partial charge >= 0.3 is 0 Å². The van der Waals surface area contributed by atoms with Crippen LogP contribution in [0.5, 0.6) is 0 Å². The molecule has 4 heteroatoms. The number of halogens is 1. The summed E-state index contributed by atoms with van der Waals surface area (Å²) in [6, 6.07) is 2.17. The fourth-order valence-corrected chi connectivity index (χ4v) is 3.55. The van der Waals surface area contributed by atoms with E-state index in [4.69, 9.17) is 9.15 Å². The molecular formula is C15H24BrNO2. The zero-order valence-electron chi connectivity index (χ0n) is 12.2. The number of rotatable bonds is 5.